The summed E-state index contributed by atoms with van der Waals surface area (Å²) < 4.78 is 37.0. The number of carbonyl (C=O) groups is 1. The molecular formula is C11H12BrFN2O3S. The van der Waals surface area contributed by atoms with E-state index in [1.165, 1.54) is 11.0 Å². The summed E-state index contributed by atoms with van der Waals surface area (Å²) in [6.07, 6.45) is 1.73. The van der Waals surface area contributed by atoms with Crippen LogP contribution in [0.1, 0.15) is 23.2 Å². The Bertz CT molecular complexity index is 627. The van der Waals surface area contributed by atoms with E-state index >= 15 is 0 Å². The third-order valence-corrected chi connectivity index (χ3v) is 4.30. The van der Waals surface area contributed by atoms with Crippen LogP contribution in [0.5, 0.6) is 0 Å². The number of hydrogen-bond acceptors (Lipinski definition) is 3. The number of nitrogens with zero attached hydrogens (tertiary/aromatic N) is 1. The second-order valence-corrected chi connectivity index (χ2v) is 6.76. The van der Waals surface area contributed by atoms with Crippen LogP contribution < -0.4 is 5.14 Å². The number of rotatable bonds is 2. The van der Waals surface area contributed by atoms with E-state index in [2.05, 4.69) is 15.9 Å². The number of amides is 1. The monoisotopic (exact) mass is 350 g/mol. The Kier molecular flexibility index (Phi) is 3.93. The zero-order valence-electron chi connectivity index (χ0n) is 9.90. The molecule has 0 radical (unpaired) electrons. The molecule has 2 rings (SSSR count). The molecule has 1 heterocycles. The van der Waals surface area contributed by atoms with E-state index < -0.39 is 26.6 Å². The summed E-state index contributed by atoms with van der Waals surface area (Å²) in [5.74, 6) is -1.61. The molecule has 0 aliphatic carbocycles. The van der Waals surface area contributed by atoms with Crippen LogP contribution in [-0.4, -0.2) is 32.3 Å². The minimum atomic E-state index is -4.21. The lowest BCUT2D eigenvalue weighted by molar-refractivity contribution is 0.0787. The highest BCUT2D eigenvalue weighted by molar-refractivity contribution is 9.10. The number of likely N-dealkylation sites (tertiary alicyclic amines) is 1. The van der Waals surface area contributed by atoms with Crippen LogP contribution in [0.2, 0.25) is 0 Å². The number of sulfonamides is 1. The van der Waals surface area contributed by atoms with Gasteiger partial charge in [0.1, 0.15) is 4.90 Å². The van der Waals surface area contributed by atoms with Gasteiger partial charge in [-0.25, -0.2) is 17.9 Å². The SMILES string of the molecule is NS(=O)(=O)c1cc(Br)cc(C(=O)N2CCCC2)c1F. The van der Waals surface area contributed by atoms with Crippen LogP contribution in [0.3, 0.4) is 0 Å². The van der Waals surface area contributed by atoms with E-state index in [0.717, 1.165) is 18.9 Å². The molecule has 1 aromatic rings. The lowest BCUT2D eigenvalue weighted by Crippen LogP contribution is -2.29. The Morgan fingerprint density at radius 1 is 1.32 bits per heavy atom. The second kappa shape index (κ2) is 5.18. The van der Waals surface area contributed by atoms with Crippen molar-refractivity contribution in [3.8, 4) is 0 Å². The minimum Gasteiger partial charge on any atom is -0.339 e. The van der Waals surface area contributed by atoms with Crippen LogP contribution in [0.15, 0.2) is 21.5 Å². The molecule has 1 aromatic carbocycles. The first-order valence-electron chi connectivity index (χ1n) is 5.62. The van der Waals surface area contributed by atoms with E-state index in [9.17, 15) is 17.6 Å². The molecule has 8 heteroatoms. The molecule has 1 saturated heterocycles. The highest BCUT2D eigenvalue weighted by atomic mass is 79.9. The summed E-state index contributed by atoms with van der Waals surface area (Å²) >= 11 is 3.06. The normalized spacial score (nSPS) is 15.8. The lowest BCUT2D eigenvalue weighted by Gasteiger charge is -2.16. The van der Waals surface area contributed by atoms with Gasteiger partial charge in [0.2, 0.25) is 10.0 Å². The average molecular weight is 351 g/mol. The van der Waals surface area contributed by atoms with Gasteiger partial charge in [-0.2, -0.15) is 0 Å². The van der Waals surface area contributed by atoms with E-state index in [-0.39, 0.29) is 5.56 Å². The quantitative estimate of drug-likeness (QED) is 0.876. The molecule has 1 fully saturated rings. The van der Waals surface area contributed by atoms with Crippen molar-refractivity contribution in [2.24, 2.45) is 5.14 Å². The number of benzene rings is 1. The van der Waals surface area contributed by atoms with Crippen LogP contribution in [-0.2, 0) is 10.0 Å². The molecule has 0 aromatic heterocycles. The highest BCUT2D eigenvalue weighted by Crippen LogP contribution is 2.25. The largest absolute Gasteiger partial charge is 0.339 e. The van der Waals surface area contributed by atoms with Gasteiger partial charge in [-0.05, 0) is 25.0 Å². The van der Waals surface area contributed by atoms with Crippen molar-refractivity contribution in [2.75, 3.05) is 13.1 Å². The first kappa shape index (κ1) is 14.4. The van der Waals surface area contributed by atoms with E-state index in [4.69, 9.17) is 5.14 Å². The van der Waals surface area contributed by atoms with Gasteiger partial charge in [0, 0.05) is 17.6 Å². The van der Waals surface area contributed by atoms with Gasteiger partial charge in [-0.1, -0.05) is 15.9 Å². The molecule has 0 spiro atoms. The van der Waals surface area contributed by atoms with Gasteiger partial charge >= 0.3 is 0 Å². The second-order valence-electron chi connectivity index (χ2n) is 4.31. The first-order chi connectivity index (χ1) is 8.80. The molecule has 104 valence electrons. The van der Waals surface area contributed by atoms with Gasteiger partial charge in [0.15, 0.2) is 5.82 Å². The summed E-state index contributed by atoms with van der Waals surface area (Å²) in [6.45, 7) is 1.10. The van der Waals surface area contributed by atoms with Crippen molar-refractivity contribution in [1.29, 1.82) is 0 Å². The molecule has 2 N–H and O–H groups in total. The van der Waals surface area contributed by atoms with Crippen molar-refractivity contribution in [2.45, 2.75) is 17.7 Å². The molecule has 0 bridgehead atoms. The lowest BCUT2D eigenvalue weighted by atomic mass is 10.2. The van der Waals surface area contributed by atoms with Crippen molar-refractivity contribution < 1.29 is 17.6 Å². The first-order valence-corrected chi connectivity index (χ1v) is 7.96. The van der Waals surface area contributed by atoms with Crippen LogP contribution in [0, 0.1) is 5.82 Å². The smallest absolute Gasteiger partial charge is 0.256 e. The number of carbonyl (C=O) groups excluding carboxylic acids is 1. The Morgan fingerprint density at radius 2 is 1.89 bits per heavy atom. The van der Waals surface area contributed by atoms with E-state index in [1.54, 1.807) is 0 Å². The molecule has 0 atom stereocenters. The van der Waals surface area contributed by atoms with Crippen LogP contribution >= 0.6 is 15.9 Å². The summed E-state index contributed by atoms with van der Waals surface area (Å²) in [7, 11) is -4.21. The maximum Gasteiger partial charge on any atom is 0.256 e. The minimum absolute atomic E-state index is 0.277. The van der Waals surface area contributed by atoms with Gasteiger partial charge in [-0.3, -0.25) is 4.79 Å². The number of hydrogen-bond donors (Lipinski definition) is 1. The molecule has 0 unspecified atom stereocenters. The Balaban J connectivity index is 2.52. The molecule has 19 heavy (non-hydrogen) atoms. The molecular weight excluding hydrogens is 339 g/mol. The average Bonchev–Trinajstić information content (AvgIpc) is 2.83. The number of nitrogens with two attached hydrogens (primary N) is 1. The zero-order chi connectivity index (χ0) is 14.2. The van der Waals surface area contributed by atoms with Crippen LogP contribution in [0.25, 0.3) is 0 Å². The summed E-state index contributed by atoms with van der Waals surface area (Å²) in [4.78, 5) is 12.9. The molecule has 1 aliphatic heterocycles. The predicted octanol–water partition coefficient (Wildman–Crippen LogP) is 1.47. The fourth-order valence-electron chi connectivity index (χ4n) is 2.02. The Morgan fingerprint density at radius 3 is 2.42 bits per heavy atom. The summed E-state index contributed by atoms with van der Waals surface area (Å²) in [5, 5.41) is 4.94. The van der Waals surface area contributed by atoms with Gasteiger partial charge in [0.25, 0.3) is 5.91 Å². The number of primary sulfonamides is 1. The highest BCUT2D eigenvalue weighted by Gasteiger charge is 2.27. The topological polar surface area (TPSA) is 80.5 Å². The Hall–Kier alpha value is -0.990. The third-order valence-electron chi connectivity index (χ3n) is 2.93. The summed E-state index contributed by atoms with van der Waals surface area (Å²) in [5.41, 5.74) is -0.277. The van der Waals surface area contributed by atoms with Gasteiger partial charge in [0.05, 0.1) is 5.56 Å². The fraction of sp³-hybridized carbons (Fsp3) is 0.364. The predicted molar refractivity (Wildman–Crippen MR) is 70.6 cm³/mol. The third kappa shape index (κ3) is 2.96. The fourth-order valence-corrected chi connectivity index (χ4v) is 3.28. The van der Waals surface area contributed by atoms with Crippen molar-refractivity contribution in [1.82, 2.24) is 4.90 Å². The molecule has 1 aliphatic rings. The van der Waals surface area contributed by atoms with E-state index in [1.807, 2.05) is 0 Å². The Labute approximate surface area is 118 Å². The maximum absolute atomic E-state index is 14.1. The van der Waals surface area contributed by atoms with Crippen LogP contribution in [0.4, 0.5) is 4.39 Å². The van der Waals surface area contributed by atoms with Gasteiger partial charge < -0.3 is 4.90 Å². The maximum atomic E-state index is 14.1. The van der Waals surface area contributed by atoms with Crippen molar-refractivity contribution >= 4 is 31.9 Å². The standard InChI is InChI=1S/C11H12BrFN2O3S/c12-7-5-8(11(16)15-3-1-2-4-15)10(13)9(6-7)19(14,17)18/h5-6H,1-4H2,(H2,14,17,18). The van der Waals surface area contributed by atoms with Gasteiger partial charge in [-0.15, -0.1) is 0 Å². The van der Waals surface area contributed by atoms with Crippen molar-refractivity contribution in [3.63, 3.8) is 0 Å². The van der Waals surface area contributed by atoms with E-state index in [0.29, 0.717) is 17.6 Å². The van der Waals surface area contributed by atoms with Crippen molar-refractivity contribution in [3.05, 3.63) is 28.0 Å². The zero-order valence-corrected chi connectivity index (χ0v) is 12.3. The molecule has 5 nitrogen and oxygen atoms in total. The molecule has 0 saturated carbocycles. The molecule has 1 amide bonds. The summed E-state index contributed by atoms with van der Waals surface area (Å²) in [6, 6.07) is 2.32. The number of halogens is 2.